The van der Waals surface area contributed by atoms with Crippen LogP contribution in [-0.2, 0) is 0 Å². The van der Waals surface area contributed by atoms with Crippen LogP contribution >= 0.6 is 0 Å². The molecule has 0 bridgehead atoms. The minimum atomic E-state index is -0.301. The Morgan fingerprint density at radius 2 is 1.74 bits per heavy atom. The monoisotopic (exact) mass is 267 g/mol. The zero-order valence-corrected chi connectivity index (χ0v) is 11.7. The van der Waals surface area contributed by atoms with Crippen molar-refractivity contribution in [3.8, 4) is 17.2 Å². The summed E-state index contributed by atoms with van der Waals surface area (Å²) in [6.45, 7) is 1.48. The number of aliphatic hydroxyl groups excluding tert-OH is 1. The summed E-state index contributed by atoms with van der Waals surface area (Å²) in [5.41, 5.74) is 0.879. The molecule has 0 unspecified atom stereocenters. The lowest BCUT2D eigenvalue weighted by molar-refractivity contribution is 0.153. The number of piperidine rings is 1. The summed E-state index contributed by atoms with van der Waals surface area (Å²) >= 11 is 0. The first kappa shape index (κ1) is 13.8. The van der Waals surface area contributed by atoms with Gasteiger partial charge in [-0.3, -0.25) is 0 Å². The van der Waals surface area contributed by atoms with Crippen LogP contribution in [0.4, 0.5) is 5.69 Å². The average molecular weight is 267 g/mol. The van der Waals surface area contributed by atoms with Crippen LogP contribution < -0.4 is 19.1 Å². The van der Waals surface area contributed by atoms with Crippen LogP contribution in [0.2, 0.25) is 0 Å². The van der Waals surface area contributed by atoms with Crippen LogP contribution in [0.25, 0.3) is 0 Å². The van der Waals surface area contributed by atoms with Gasteiger partial charge in [-0.15, -0.1) is 0 Å². The maximum absolute atomic E-state index is 9.82. The summed E-state index contributed by atoms with van der Waals surface area (Å²) in [5, 5.41) is 9.82. The van der Waals surface area contributed by atoms with Gasteiger partial charge in [0.1, 0.15) is 22.9 Å². The second kappa shape index (κ2) is 6.02. The molecule has 1 N–H and O–H groups in total. The lowest BCUT2D eigenvalue weighted by atomic mass is 10.1. The van der Waals surface area contributed by atoms with Crippen molar-refractivity contribution >= 4 is 5.69 Å². The molecule has 0 aliphatic carbocycles. The standard InChI is InChI=1S/C14H21NO4/c1-17-11-7-12(18-2)14(13(8-11)19-3)15-6-4-5-10(16)9-15/h7-8,10,16H,4-6,9H2,1-3H3/t10-/m0/s1. The molecular weight excluding hydrogens is 246 g/mol. The van der Waals surface area contributed by atoms with E-state index in [4.69, 9.17) is 14.2 Å². The highest BCUT2D eigenvalue weighted by Crippen LogP contribution is 2.42. The number of ether oxygens (including phenoxy) is 3. The lowest BCUT2D eigenvalue weighted by Gasteiger charge is -2.33. The van der Waals surface area contributed by atoms with Crippen molar-refractivity contribution < 1.29 is 19.3 Å². The van der Waals surface area contributed by atoms with E-state index in [2.05, 4.69) is 4.90 Å². The zero-order valence-electron chi connectivity index (χ0n) is 11.7. The summed E-state index contributed by atoms with van der Waals surface area (Å²) in [4.78, 5) is 2.10. The zero-order chi connectivity index (χ0) is 13.8. The minimum Gasteiger partial charge on any atom is -0.496 e. The van der Waals surface area contributed by atoms with E-state index in [1.807, 2.05) is 12.1 Å². The fraction of sp³-hybridized carbons (Fsp3) is 0.571. The third kappa shape index (κ3) is 2.87. The van der Waals surface area contributed by atoms with Gasteiger partial charge in [-0.05, 0) is 12.8 Å². The van der Waals surface area contributed by atoms with E-state index >= 15 is 0 Å². The maximum Gasteiger partial charge on any atom is 0.149 e. The SMILES string of the molecule is COc1cc(OC)c(N2CCC[C@H](O)C2)c(OC)c1. The average Bonchev–Trinajstić information content (AvgIpc) is 2.45. The molecule has 0 amide bonds. The fourth-order valence-electron chi connectivity index (χ4n) is 2.46. The topological polar surface area (TPSA) is 51.2 Å². The van der Waals surface area contributed by atoms with Gasteiger partial charge >= 0.3 is 0 Å². The van der Waals surface area contributed by atoms with Crippen LogP contribution in [0.1, 0.15) is 12.8 Å². The minimum absolute atomic E-state index is 0.301. The van der Waals surface area contributed by atoms with Gasteiger partial charge in [0, 0.05) is 25.2 Å². The highest BCUT2D eigenvalue weighted by Gasteiger charge is 2.24. The summed E-state index contributed by atoms with van der Waals surface area (Å²) < 4.78 is 16.1. The molecule has 0 spiro atoms. The third-order valence-corrected chi connectivity index (χ3v) is 3.40. The quantitative estimate of drug-likeness (QED) is 0.899. The summed E-state index contributed by atoms with van der Waals surface area (Å²) in [6, 6.07) is 3.66. The van der Waals surface area contributed by atoms with E-state index in [0.717, 1.165) is 25.1 Å². The number of methoxy groups -OCH3 is 3. The Morgan fingerprint density at radius 1 is 1.11 bits per heavy atom. The van der Waals surface area contributed by atoms with Crippen molar-refractivity contribution in [3.05, 3.63) is 12.1 Å². The smallest absolute Gasteiger partial charge is 0.149 e. The highest BCUT2D eigenvalue weighted by atomic mass is 16.5. The molecular formula is C14H21NO4. The van der Waals surface area contributed by atoms with Crippen molar-refractivity contribution in [2.45, 2.75) is 18.9 Å². The van der Waals surface area contributed by atoms with Crippen molar-refractivity contribution in [3.63, 3.8) is 0 Å². The fourth-order valence-corrected chi connectivity index (χ4v) is 2.46. The summed E-state index contributed by atoms with van der Waals surface area (Å²) in [7, 11) is 4.86. The Labute approximate surface area is 113 Å². The Balaban J connectivity index is 2.41. The normalized spacial score (nSPS) is 19.2. The van der Waals surface area contributed by atoms with E-state index < -0.39 is 0 Å². The molecule has 106 valence electrons. The van der Waals surface area contributed by atoms with Crippen molar-refractivity contribution in [2.24, 2.45) is 0 Å². The Bertz CT molecular complexity index is 410. The maximum atomic E-state index is 9.82. The predicted molar refractivity (Wildman–Crippen MR) is 73.6 cm³/mol. The number of rotatable bonds is 4. The molecule has 1 aromatic carbocycles. The molecule has 1 aliphatic heterocycles. The molecule has 2 rings (SSSR count). The van der Waals surface area contributed by atoms with Crippen LogP contribution in [0.5, 0.6) is 17.2 Å². The van der Waals surface area contributed by atoms with Crippen LogP contribution in [-0.4, -0.2) is 45.6 Å². The van der Waals surface area contributed by atoms with Crippen molar-refractivity contribution in [1.29, 1.82) is 0 Å². The Morgan fingerprint density at radius 3 is 2.21 bits per heavy atom. The van der Waals surface area contributed by atoms with Gasteiger partial charge < -0.3 is 24.2 Å². The van der Waals surface area contributed by atoms with Gasteiger partial charge in [-0.25, -0.2) is 0 Å². The van der Waals surface area contributed by atoms with E-state index in [0.29, 0.717) is 23.8 Å². The first-order valence-corrected chi connectivity index (χ1v) is 6.42. The van der Waals surface area contributed by atoms with Crippen LogP contribution in [0.3, 0.4) is 0 Å². The van der Waals surface area contributed by atoms with Gasteiger partial charge in [0.15, 0.2) is 0 Å². The molecule has 1 heterocycles. The van der Waals surface area contributed by atoms with E-state index in [9.17, 15) is 5.11 Å². The molecule has 1 aliphatic rings. The van der Waals surface area contributed by atoms with Crippen LogP contribution in [0, 0.1) is 0 Å². The van der Waals surface area contributed by atoms with E-state index in [-0.39, 0.29) is 6.10 Å². The molecule has 5 nitrogen and oxygen atoms in total. The highest BCUT2D eigenvalue weighted by molar-refractivity contribution is 5.70. The third-order valence-electron chi connectivity index (χ3n) is 3.40. The van der Waals surface area contributed by atoms with Gasteiger partial charge in [-0.1, -0.05) is 0 Å². The second-order valence-electron chi connectivity index (χ2n) is 4.62. The molecule has 0 aromatic heterocycles. The largest absolute Gasteiger partial charge is 0.496 e. The van der Waals surface area contributed by atoms with E-state index in [1.54, 1.807) is 21.3 Å². The number of β-amino-alcohol motifs (C(OH)–C–C–N with tert-alkyl or cyclic N) is 1. The van der Waals surface area contributed by atoms with Gasteiger partial charge in [0.05, 0.1) is 27.4 Å². The van der Waals surface area contributed by atoms with E-state index in [1.165, 1.54) is 0 Å². The number of hydrogen-bond donors (Lipinski definition) is 1. The number of aliphatic hydroxyl groups is 1. The molecule has 19 heavy (non-hydrogen) atoms. The number of nitrogens with zero attached hydrogens (tertiary/aromatic N) is 1. The predicted octanol–water partition coefficient (Wildman–Crippen LogP) is 1.67. The molecule has 0 radical (unpaired) electrons. The van der Waals surface area contributed by atoms with Crippen LogP contribution in [0.15, 0.2) is 12.1 Å². The Hall–Kier alpha value is -1.62. The molecule has 1 fully saturated rings. The number of hydrogen-bond acceptors (Lipinski definition) is 5. The van der Waals surface area contributed by atoms with Crippen molar-refractivity contribution in [2.75, 3.05) is 39.3 Å². The molecule has 1 aromatic rings. The van der Waals surface area contributed by atoms with Gasteiger partial charge in [-0.2, -0.15) is 0 Å². The molecule has 1 saturated heterocycles. The first-order chi connectivity index (χ1) is 9.19. The number of benzene rings is 1. The second-order valence-corrected chi connectivity index (χ2v) is 4.62. The van der Waals surface area contributed by atoms with Gasteiger partial charge in [0.2, 0.25) is 0 Å². The summed E-state index contributed by atoms with van der Waals surface area (Å²) in [5.74, 6) is 2.09. The molecule has 1 atom stereocenters. The van der Waals surface area contributed by atoms with Gasteiger partial charge in [0.25, 0.3) is 0 Å². The molecule has 0 saturated carbocycles. The first-order valence-electron chi connectivity index (χ1n) is 6.42. The number of anilines is 1. The lowest BCUT2D eigenvalue weighted by Crippen LogP contribution is -2.38. The summed E-state index contributed by atoms with van der Waals surface area (Å²) in [6.07, 6.45) is 1.50. The van der Waals surface area contributed by atoms with Crippen molar-refractivity contribution in [1.82, 2.24) is 0 Å². The Kier molecular flexibility index (Phi) is 4.37. The molecule has 5 heteroatoms.